The van der Waals surface area contributed by atoms with Gasteiger partial charge in [-0.3, -0.25) is 9.78 Å². The van der Waals surface area contributed by atoms with E-state index in [0.717, 1.165) is 11.3 Å². The predicted molar refractivity (Wildman–Crippen MR) is 167 cm³/mol. The summed E-state index contributed by atoms with van der Waals surface area (Å²) in [5, 5.41) is 5.61. The van der Waals surface area contributed by atoms with Crippen LogP contribution in [-0.2, 0) is 9.53 Å². The summed E-state index contributed by atoms with van der Waals surface area (Å²) in [6.07, 6.45) is 3.01. The number of fused-ring (bicyclic) bond motifs is 1. The second kappa shape index (κ2) is 12.4. The lowest BCUT2D eigenvalue weighted by Gasteiger charge is -2.28. The molecular formula is C32H29FN8O3. The highest BCUT2D eigenvalue weighted by Gasteiger charge is 2.20. The van der Waals surface area contributed by atoms with Crippen molar-refractivity contribution < 1.29 is 18.7 Å². The fourth-order valence-electron chi connectivity index (χ4n) is 4.82. The summed E-state index contributed by atoms with van der Waals surface area (Å²) < 4.78 is 20.0. The Labute approximate surface area is 252 Å². The minimum Gasteiger partial charge on any atom is -0.378 e. The third kappa shape index (κ3) is 6.15. The zero-order valence-corrected chi connectivity index (χ0v) is 24.1. The summed E-state index contributed by atoms with van der Waals surface area (Å²) in [5.74, 6) is 0.478. The second-order valence-corrected chi connectivity index (χ2v) is 10.2. The number of pyridine rings is 2. The van der Waals surface area contributed by atoms with E-state index in [-0.39, 0.29) is 5.91 Å². The molecule has 12 heteroatoms. The quantitative estimate of drug-likeness (QED) is 0.253. The van der Waals surface area contributed by atoms with Gasteiger partial charge in [0.15, 0.2) is 11.6 Å². The van der Waals surface area contributed by atoms with Gasteiger partial charge < -0.3 is 25.2 Å². The van der Waals surface area contributed by atoms with Gasteiger partial charge in [0, 0.05) is 73.2 Å². The zero-order valence-electron chi connectivity index (χ0n) is 24.1. The van der Waals surface area contributed by atoms with Crippen molar-refractivity contribution in [1.82, 2.24) is 19.9 Å². The van der Waals surface area contributed by atoms with Crippen LogP contribution in [0.25, 0.3) is 33.5 Å². The first-order valence-electron chi connectivity index (χ1n) is 14.0. The molecule has 44 heavy (non-hydrogen) atoms. The lowest BCUT2D eigenvalue weighted by molar-refractivity contribution is -0.116. The summed E-state index contributed by atoms with van der Waals surface area (Å²) in [6, 6.07) is 18.9. The van der Waals surface area contributed by atoms with Crippen LogP contribution in [-0.4, -0.2) is 65.2 Å². The minimum absolute atomic E-state index is 0.0835. The molecule has 0 atom stereocenters. The molecule has 1 fully saturated rings. The Bertz CT molecular complexity index is 1830. The standard InChI is InChI=1S/C32H29FN8O3/c1-20(42)40(2)25-11-9-24(10-12-25)37-32(43)36-23-7-5-21(6-8-23)30-38-27-18-22(26-4-3-13-34-29(26)33)19-35-28(27)31(39-30)41-14-16-44-17-15-41/h3-13,18-19H,14-17H2,1-2H3,(H2,36,37,43). The first-order chi connectivity index (χ1) is 21.4. The molecule has 0 spiro atoms. The second-order valence-electron chi connectivity index (χ2n) is 10.2. The number of carbonyl (C=O) groups excluding carboxylic acids is 2. The monoisotopic (exact) mass is 592 g/mol. The molecule has 3 amide bonds. The molecule has 0 radical (unpaired) electrons. The number of hydrogen-bond acceptors (Lipinski definition) is 8. The number of nitrogens with one attached hydrogen (secondary N) is 2. The third-order valence-electron chi connectivity index (χ3n) is 7.28. The van der Waals surface area contributed by atoms with E-state index >= 15 is 0 Å². The number of halogens is 1. The maximum Gasteiger partial charge on any atom is 0.323 e. The van der Waals surface area contributed by atoms with Gasteiger partial charge in [-0.15, -0.1) is 0 Å². The number of aromatic nitrogens is 4. The number of carbonyl (C=O) groups is 2. The van der Waals surface area contributed by atoms with Gasteiger partial charge in [-0.25, -0.2) is 19.7 Å². The van der Waals surface area contributed by atoms with Crippen LogP contribution in [0.3, 0.4) is 0 Å². The molecule has 1 saturated heterocycles. The number of ether oxygens (including phenoxy) is 1. The highest BCUT2D eigenvalue weighted by atomic mass is 19.1. The van der Waals surface area contributed by atoms with E-state index in [2.05, 4.69) is 25.5 Å². The van der Waals surface area contributed by atoms with E-state index in [1.54, 1.807) is 67.8 Å². The number of anilines is 4. The first-order valence-corrected chi connectivity index (χ1v) is 14.0. The molecule has 5 aromatic rings. The van der Waals surface area contributed by atoms with Gasteiger partial charge in [-0.1, -0.05) is 0 Å². The van der Waals surface area contributed by atoms with Crippen LogP contribution < -0.4 is 20.4 Å². The Morgan fingerprint density at radius 2 is 1.59 bits per heavy atom. The number of benzene rings is 2. The van der Waals surface area contributed by atoms with E-state index in [9.17, 15) is 14.0 Å². The van der Waals surface area contributed by atoms with Gasteiger partial charge >= 0.3 is 6.03 Å². The van der Waals surface area contributed by atoms with Gasteiger partial charge in [-0.2, -0.15) is 4.39 Å². The van der Waals surface area contributed by atoms with E-state index < -0.39 is 12.0 Å². The third-order valence-corrected chi connectivity index (χ3v) is 7.28. The number of nitrogens with zero attached hydrogens (tertiary/aromatic N) is 6. The van der Waals surface area contributed by atoms with Crippen molar-refractivity contribution in [3.05, 3.63) is 85.1 Å². The van der Waals surface area contributed by atoms with Crippen molar-refractivity contribution in [2.75, 3.05) is 53.8 Å². The minimum atomic E-state index is -0.582. The zero-order chi connectivity index (χ0) is 30.6. The maximum atomic E-state index is 14.5. The molecule has 2 aromatic carbocycles. The number of rotatable bonds is 6. The largest absolute Gasteiger partial charge is 0.378 e. The fraction of sp³-hybridized carbons (Fsp3) is 0.188. The van der Waals surface area contributed by atoms with E-state index in [4.69, 9.17) is 14.7 Å². The topological polar surface area (TPSA) is 125 Å². The SMILES string of the molecule is CC(=O)N(C)c1ccc(NC(=O)Nc2ccc(-c3nc(N4CCOCC4)c4ncc(-c5cccnc5F)cc4n3)cc2)cc1. The van der Waals surface area contributed by atoms with Gasteiger partial charge in [-0.05, 0) is 66.7 Å². The van der Waals surface area contributed by atoms with Crippen LogP contribution in [0, 0.1) is 5.95 Å². The van der Waals surface area contributed by atoms with E-state index in [1.165, 1.54) is 18.0 Å². The fourth-order valence-corrected chi connectivity index (χ4v) is 4.82. The Kier molecular flexibility index (Phi) is 8.06. The highest BCUT2D eigenvalue weighted by Crippen LogP contribution is 2.31. The van der Waals surface area contributed by atoms with Crippen LogP contribution >= 0.6 is 0 Å². The molecule has 6 rings (SSSR count). The molecule has 3 aromatic heterocycles. The van der Waals surface area contributed by atoms with Crippen molar-refractivity contribution in [2.24, 2.45) is 0 Å². The molecule has 1 aliphatic rings. The van der Waals surface area contributed by atoms with Crippen molar-refractivity contribution >= 4 is 45.9 Å². The Morgan fingerprint density at radius 3 is 2.25 bits per heavy atom. The smallest absolute Gasteiger partial charge is 0.323 e. The normalized spacial score (nSPS) is 13.0. The molecule has 1 aliphatic heterocycles. The average Bonchev–Trinajstić information content (AvgIpc) is 3.05. The molecular weight excluding hydrogens is 563 g/mol. The van der Waals surface area contributed by atoms with Crippen LogP contribution in [0.5, 0.6) is 0 Å². The molecule has 4 heterocycles. The van der Waals surface area contributed by atoms with Crippen LogP contribution in [0.1, 0.15) is 6.92 Å². The van der Waals surface area contributed by atoms with Gasteiger partial charge in [0.2, 0.25) is 11.9 Å². The van der Waals surface area contributed by atoms with Gasteiger partial charge in [0.05, 0.1) is 18.7 Å². The number of urea groups is 1. The van der Waals surface area contributed by atoms with Crippen LogP contribution in [0.4, 0.5) is 32.1 Å². The maximum absolute atomic E-state index is 14.5. The van der Waals surface area contributed by atoms with Crippen LogP contribution in [0.15, 0.2) is 79.1 Å². The van der Waals surface area contributed by atoms with Crippen molar-refractivity contribution in [3.63, 3.8) is 0 Å². The van der Waals surface area contributed by atoms with Crippen molar-refractivity contribution in [3.8, 4) is 22.5 Å². The summed E-state index contributed by atoms with van der Waals surface area (Å²) in [7, 11) is 1.69. The number of amides is 3. The summed E-state index contributed by atoms with van der Waals surface area (Å²) in [6.45, 7) is 3.93. The molecule has 0 bridgehead atoms. The van der Waals surface area contributed by atoms with Crippen molar-refractivity contribution in [2.45, 2.75) is 6.92 Å². The van der Waals surface area contributed by atoms with E-state index in [1.807, 2.05) is 12.1 Å². The lowest BCUT2D eigenvalue weighted by atomic mass is 10.1. The Balaban J connectivity index is 1.25. The molecule has 2 N–H and O–H groups in total. The summed E-state index contributed by atoms with van der Waals surface area (Å²) in [4.78, 5) is 45.9. The highest BCUT2D eigenvalue weighted by molar-refractivity contribution is 6.00. The predicted octanol–water partition coefficient (Wildman–Crippen LogP) is 5.36. The van der Waals surface area contributed by atoms with E-state index in [0.29, 0.717) is 71.5 Å². The van der Waals surface area contributed by atoms with Crippen molar-refractivity contribution in [1.29, 1.82) is 0 Å². The Morgan fingerprint density at radius 1 is 0.909 bits per heavy atom. The van der Waals surface area contributed by atoms with Gasteiger partial charge in [0.25, 0.3) is 0 Å². The summed E-state index contributed by atoms with van der Waals surface area (Å²) in [5.41, 5.74) is 4.69. The number of morpholine rings is 1. The molecule has 222 valence electrons. The number of hydrogen-bond donors (Lipinski definition) is 2. The van der Waals surface area contributed by atoms with Gasteiger partial charge in [0.1, 0.15) is 5.52 Å². The molecule has 0 saturated carbocycles. The lowest BCUT2D eigenvalue weighted by Crippen LogP contribution is -2.37. The molecule has 0 unspecified atom stereocenters. The van der Waals surface area contributed by atoms with Crippen LogP contribution in [0.2, 0.25) is 0 Å². The average molecular weight is 593 g/mol. The summed E-state index contributed by atoms with van der Waals surface area (Å²) >= 11 is 0. The molecule has 0 aliphatic carbocycles. The molecule has 11 nitrogen and oxygen atoms in total. The Hall–Kier alpha value is -5.49. The first kappa shape index (κ1) is 28.6.